The number of β-amino-alcohol motifs (C(OH)–C–C–N with tert-alkyl or cyclic N) is 1. The molecule has 0 bridgehead atoms. The minimum Gasteiger partial charge on any atom is -0.395 e. The minimum atomic E-state index is -0.393. The fourth-order valence-electron chi connectivity index (χ4n) is 3.98. The van der Waals surface area contributed by atoms with E-state index in [-0.39, 0.29) is 6.61 Å². The van der Waals surface area contributed by atoms with Crippen molar-refractivity contribution in [3.63, 3.8) is 0 Å². The first-order valence-corrected chi connectivity index (χ1v) is 10.7. The first-order valence-electron chi connectivity index (χ1n) is 9.55. The van der Waals surface area contributed by atoms with Gasteiger partial charge in [0.25, 0.3) is 0 Å². The highest BCUT2D eigenvalue weighted by molar-refractivity contribution is 6.42. The van der Waals surface area contributed by atoms with Crippen molar-refractivity contribution in [2.75, 3.05) is 36.6 Å². The first kappa shape index (κ1) is 20.8. The molecule has 2 heterocycles. The van der Waals surface area contributed by atoms with Gasteiger partial charge in [0.1, 0.15) is 5.84 Å². The predicted octanol–water partition coefficient (Wildman–Crippen LogP) is 5.02. The Morgan fingerprint density at radius 2 is 1.86 bits per heavy atom. The van der Waals surface area contributed by atoms with E-state index in [1.165, 1.54) is 0 Å². The normalized spacial score (nSPS) is 19.3. The summed E-state index contributed by atoms with van der Waals surface area (Å²) in [6.45, 7) is 2.14. The van der Waals surface area contributed by atoms with Crippen molar-refractivity contribution in [1.29, 1.82) is 0 Å². The third-order valence-corrected chi connectivity index (χ3v) is 6.31. The maximum atomic E-state index is 9.78. The number of nitrogens with zero attached hydrogens (tertiary/aromatic N) is 2. The highest BCUT2D eigenvalue weighted by Gasteiger charge is 2.45. The van der Waals surface area contributed by atoms with Crippen molar-refractivity contribution in [3.05, 3.63) is 57.0 Å². The zero-order valence-electron chi connectivity index (χ0n) is 15.8. The van der Waals surface area contributed by atoms with E-state index in [1.54, 1.807) is 0 Å². The van der Waals surface area contributed by atoms with Gasteiger partial charge in [0.05, 0.1) is 40.1 Å². The Kier molecular flexibility index (Phi) is 6.23. The predicted molar refractivity (Wildman–Crippen MR) is 120 cm³/mol. The topological polar surface area (TPSA) is 57.1 Å². The number of benzene rings is 2. The molecule has 154 valence electrons. The van der Waals surface area contributed by atoms with Gasteiger partial charge in [0, 0.05) is 37.6 Å². The number of aliphatic hydroxyl groups is 1. The molecular weight excluding hydrogens is 433 g/mol. The van der Waals surface area contributed by atoms with Crippen LogP contribution in [-0.4, -0.2) is 42.8 Å². The fraction of sp³-hybridized carbons (Fsp3) is 0.381. The Balaban J connectivity index is 1.80. The average molecular weight is 455 g/mol. The van der Waals surface area contributed by atoms with Gasteiger partial charge in [0.2, 0.25) is 0 Å². The lowest BCUT2D eigenvalue weighted by Gasteiger charge is -2.48. The summed E-state index contributed by atoms with van der Waals surface area (Å²) < 4.78 is 5.62. The lowest BCUT2D eigenvalue weighted by molar-refractivity contribution is 0.0773. The summed E-state index contributed by atoms with van der Waals surface area (Å²) in [4.78, 5) is 7.05. The molecule has 0 unspecified atom stereocenters. The summed E-state index contributed by atoms with van der Waals surface area (Å²) >= 11 is 18.7. The van der Waals surface area contributed by atoms with Crippen LogP contribution >= 0.6 is 34.8 Å². The van der Waals surface area contributed by atoms with Gasteiger partial charge in [-0.05, 0) is 29.8 Å². The van der Waals surface area contributed by atoms with E-state index >= 15 is 0 Å². The molecule has 2 aliphatic heterocycles. The fourth-order valence-corrected chi connectivity index (χ4v) is 4.51. The van der Waals surface area contributed by atoms with Crippen LogP contribution in [0.1, 0.15) is 18.4 Å². The van der Waals surface area contributed by atoms with Crippen LogP contribution in [0.3, 0.4) is 0 Å². The van der Waals surface area contributed by atoms with E-state index in [0.29, 0.717) is 41.4 Å². The van der Waals surface area contributed by atoms with Crippen LogP contribution in [-0.2, 0) is 11.3 Å². The zero-order chi connectivity index (χ0) is 20.4. The van der Waals surface area contributed by atoms with Crippen LogP contribution in [0.2, 0.25) is 15.1 Å². The molecule has 4 rings (SSSR count). The van der Waals surface area contributed by atoms with Crippen LogP contribution in [0.4, 0.5) is 11.4 Å². The monoisotopic (exact) mass is 453 g/mol. The first-order chi connectivity index (χ1) is 14.0. The lowest BCUT2D eigenvalue weighted by atomic mass is 9.85. The van der Waals surface area contributed by atoms with Gasteiger partial charge in [0.15, 0.2) is 0 Å². The van der Waals surface area contributed by atoms with E-state index in [9.17, 15) is 5.11 Å². The molecule has 0 amide bonds. The van der Waals surface area contributed by atoms with Crippen LogP contribution in [0.5, 0.6) is 0 Å². The van der Waals surface area contributed by atoms with Crippen molar-refractivity contribution in [2.45, 2.75) is 24.9 Å². The molecular formula is C21H22Cl3N3O2. The molecule has 1 saturated heterocycles. The third-order valence-electron chi connectivity index (χ3n) is 5.36. The number of anilines is 2. The van der Waals surface area contributed by atoms with Crippen LogP contribution in [0.25, 0.3) is 0 Å². The molecule has 0 saturated carbocycles. The Morgan fingerprint density at radius 1 is 1.10 bits per heavy atom. The molecule has 2 aromatic rings. The molecule has 0 aromatic heterocycles. The standard InChI is InChI=1S/C21H22Cl3N3O2/c22-15-3-1-2-14(10-15)13-25-20-21(4-8-29-9-5-21)26-18-11-16(23)17(24)12-19(18)27(20)6-7-28/h1-3,10-12,26,28H,4-9,13H2/b25-20+. The third kappa shape index (κ3) is 4.21. The van der Waals surface area contributed by atoms with Crippen molar-refractivity contribution in [2.24, 2.45) is 4.99 Å². The molecule has 29 heavy (non-hydrogen) atoms. The zero-order valence-corrected chi connectivity index (χ0v) is 18.1. The number of halogens is 3. The summed E-state index contributed by atoms with van der Waals surface area (Å²) in [6.07, 6.45) is 1.53. The van der Waals surface area contributed by atoms with Gasteiger partial charge in [-0.15, -0.1) is 0 Å². The number of rotatable bonds is 4. The van der Waals surface area contributed by atoms with Crippen molar-refractivity contribution >= 4 is 52.0 Å². The number of amidine groups is 1. The summed E-state index contributed by atoms with van der Waals surface area (Å²) in [5.41, 5.74) is 2.37. The molecule has 0 aliphatic carbocycles. The summed E-state index contributed by atoms with van der Waals surface area (Å²) in [5.74, 6) is 0.876. The molecule has 0 atom stereocenters. The Hall–Kier alpha value is -1.50. The number of nitrogens with one attached hydrogen (secondary N) is 1. The second-order valence-electron chi connectivity index (χ2n) is 7.25. The van der Waals surface area contributed by atoms with E-state index in [4.69, 9.17) is 44.5 Å². The molecule has 2 N–H and O–H groups in total. The minimum absolute atomic E-state index is 0.0115. The number of fused-ring (bicyclic) bond motifs is 1. The number of hydrogen-bond donors (Lipinski definition) is 2. The molecule has 2 aliphatic rings. The van der Waals surface area contributed by atoms with Crippen LogP contribution in [0.15, 0.2) is 41.4 Å². The molecule has 8 heteroatoms. The molecule has 5 nitrogen and oxygen atoms in total. The smallest absolute Gasteiger partial charge is 0.130 e. The number of aliphatic hydroxyl groups excluding tert-OH is 1. The van der Waals surface area contributed by atoms with E-state index in [0.717, 1.165) is 35.6 Å². The maximum Gasteiger partial charge on any atom is 0.130 e. The second kappa shape index (κ2) is 8.70. The van der Waals surface area contributed by atoms with Crippen molar-refractivity contribution < 1.29 is 9.84 Å². The Morgan fingerprint density at radius 3 is 2.59 bits per heavy atom. The van der Waals surface area contributed by atoms with Crippen molar-refractivity contribution in [3.8, 4) is 0 Å². The number of hydrogen-bond acceptors (Lipinski definition) is 4. The summed E-state index contributed by atoms with van der Waals surface area (Å²) in [6, 6.07) is 11.4. The molecule has 1 spiro atoms. The maximum absolute atomic E-state index is 9.78. The quantitative estimate of drug-likeness (QED) is 0.681. The molecule has 1 fully saturated rings. The summed E-state index contributed by atoms with van der Waals surface area (Å²) in [7, 11) is 0. The van der Waals surface area contributed by atoms with Gasteiger partial charge in [-0.1, -0.05) is 46.9 Å². The van der Waals surface area contributed by atoms with Gasteiger partial charge in [-0.25, -0.2) is 0 Å². The number of aliphatic imine (C=N–C) groups is 1. The lowest BCUT2D eigenvalue weighted by Crippen LogP contribution is -2.60. The SMILES string of the molecule is OCCN1/C(=N/Cc2cccc(Cl)c2)C2(CCOCC2)Nc2cc(Cl)c(Cl)cc21. The van der Waals surface area contributed by atoms with Crippen molar-refractivity contribution in [1.82, 2.24) is 0 Å². The van der Waals surface area contributed by atoms with E-state index < -0.39 is 5.54 Å². The number of ether oxygens (including phenoxy) is 1. The highest BCUT2D eigenvalue weighted by Crippen LogP contribution is 2.43. The largest absolute Gasteiger partial charge is 0.395 e. The van der Waals surface area contributed by atoms with E-state index in [2.05, 4.69) is 5.32 Å². The highest BCUT2D eigenvalue weighted by atomic mass is 35.5. The van der Waals surface area contributed by atoms with Gasteiger partial charge in [-0.3, -0.25) is 4.99 Å². The summed E-state index contributed by atoms with van der Waals surface area (Å²) in [5, 5.41) is 15.1. The Labute approximate surface area is 185 Å². The van der Waals surface area contributed by atoms with E-state index in [1.807, 2.05) is 41.3 Å². The van der Waals surface area contributed by atoms with Gasteiger partial charge < -0.3 is 20.1 Å². The van der Waals surface area contributed by atoms with Crippen LogP contribution in [0, 0.1) is 0 Å². The van der Waals surface area contributed by atoms with Gasteiger partial charge in [-0.2, -0.15) is 0 Å². The molecule has 2 aromatic carbocycles. The second-order valence-corrected chi connectivity index (χ2v) is 8.50. The van der Waals surface area contributed by atoms with Crippen LogP contribution < -0.4 is 10.2 Å². The Bertz CT molecular complexity index is 929. The average Bonchev–Trinajstić information content (AvgIpc) is 2.70. The van der Waals surface area contributed by atoms with Gasteiger partial charge >= 0.3 is 0 Å². The molecule has 0 radical (unpaired) electrons.